The maximum Gasteiger partial charge on any atom is 0.228 e. The summed E-state index contributed by atoms with van der Waals surface area (Å²) < 4.78 is 0. The molecule has 0 aromatic heterocycles. The second kappa shape index (κ2) is 8.91. The third-order valence-electron chi connectivity index (χ3n) is 2.54. The van der Waals surface area contributed by atoms with E-state index in [1.54, 1.807) is 18.2 Å². The second-order valence-electron chi connectivity index (χ2n) is 4.11. The van der Waals surface area contributed by atoms with E-state index in [1.165, 1.54) is 12.2 Å². The summed E-state index contributed by atoms with van der Waals surface area (Å²) in [6.07, 6.45) is 27.9. The minimum Gasteiger partial charge on any atom is -0.280 e. The average Bonchev–Trinajstić information content (AvgIpc) is 2.74. The van der Waals surface area contributed by atoms with Gasteiger partial charge in [0.1, 0.15) is 0 Å². The van der Waals surface area contributed by atoms with Gasteiger partial charge >= 0.3 is 0 Å². The van der Waals surface area contributed by atoms with Gasteiger partial charge in [0.15, 0.2) is 0 Å². The summed E-state index contributed by atoms with van der Waals surface area (Å²) in [7, 11) is 0. The number of hydrogen-bond donors (Lipinski definition) is 0. The SMILES string of the molecule is C#CC(=O)/C=C/C=C/C1=CC=CC=C(/C=C/C(=O)C#C)C1. The summed E-state index contributed by atoms with van der Waals surface area (Å²) in [5.74, 6) is 3.30. The second-order valence-corrected chi connectivity index (χ2v) is 4.11. The Bertz CT molecular complexity index is 678. The van der Waals surface area contributed by atoms with Crippen LogP contribution in [0.2, 0.25) is 0 Å². The molecule has 21 heavy (non-hydrogen) atoms. The van der Waals surface area contributed by atoms with Crippen molar-refractivity contribution in [2.45, 2.75) is 6.42 Å². The fraction of sp³-hybridized carbons (Fsp3) is 0.0526. The van der Waals surface area contributed by atoms with Gasteiger partial charge in [0.05, 0.1) is 0 Å². The minimum absolute atomic E-state index is 0.360. The van der Waals surface area contributed by atoms with Gasteiger partial charge in [-0.1, -0.05) is 48.6 Å². The van der Waals surface area contributed by atoms with Gasteiger partial charge in [0.25, 0.3) is 0 Å². The van der Waals surface area contributed by atoms with Crippen molar-refractivity contribution < 1.29 is 9.59 Å². The number of ketones is 2. The van der Waals surface area contributed by atoms with Crippen molar-refractivity contribution in [2.24, 2.45) is 0 Å². The molecular formula is C19H14O2. The maximum absolute atomic E-state index is 11.1. The summed E-state index contributed by atoms with van der Waals surface area (Å²) in [5, 5.41) is 0. The predicted molar refractivity (Wildman–Crippen MR) is 85.0 cm³/mol. The lowest BCUT2D eigenvalue weighted by molar-refractivity contribution is -0.110. The molecule has 1 rings (SSSR count). The summed E-state index contributed by atoms with van der Waals surface area (Å²) in [5.41, 5.74) is 2.00. The van der Waals surface area contributed by atoms with Crippen LogP contribution in [0.5, 0.6) is 0 Å². The van der Waals surface area contributed by atoms with E-state index in [4.69, 9.17) is 12.8 Å². The highest BCUT2D eigenvalue weighted by Crippen LogP contribution is 2.17. The molecule has 0 aromatic carbocycles. The van der Waals surface area contributed by atoms with Crippen molar-refractivity contribution in [3.8, 4) is 24.7 Å². The standard InChI is InChI=1S/C19H14O2/c1-3-18(20)12-8-7-10-16-9-5-6-11-17(15-16)13-14-19(21)4-2/h1-2,5-14H,15H2/b10-7+,12-8+,14-13+. The molecule has 0 saturated heterocycles. The van der Waals surface area contributed by atoms with E-state index in [1.807, 2.05) is 42.2 Å². The van der Waals surface area contributed by atoms with Gasteiger partial charge in [0.2, 0.25) is 11.6 Å². The average molecular weight is 274 g/mol. The van der Waals surface area contributed by atoms with Crippen molar-refractivity contribution in [3.63, 3.8) is 0 Å². The van der Waals surface area contributed by atoms with Crippen LogP contribution in [0, 0.1) is 24.7 Å². The summed E-state index contributed by atoms with van der Waals surface area (Å²) in [4.78, 5) is 22.0. The van der Waals surface area contributed by atoms with Crippen LogP contribution in [-0.2, 0) is 9.59 Å². The van der Waals surface area contributed by atoms with Crippen LogP contribution in [0.1, 0.15) is 6.42 Å². The molecule has 0 radical (unpaired) electrons. The molecule has 0 spiro atoms. The first-order valence-electron chi connectivity index (χ1n) is 6.26. The van der Waals surface area contributed by atoms with Crippen molar-refractivity contribution >= 4 is 11.6 Å². The first-order valence-corrected chi connectivity index (χ1v) is 6.26. The Morgan fingerprint density at radius 1 is 0.905 bits per heavy atom. The van der Waals surface area contributed by atoms with Crippen molar-refractivity contribution in [1.29, 1.82) is 0 Å². The molecule has 0 aromatic rings. The van der Waals surface area contributed by atoms with Gasteiger partial charge in [-0.3, -0.25) is 9.59 Å². The predicted octanol–water partition coefficient (Wildman–Crippen LogP) is 2.87. The molecule has 1 aliphatic carbocycles. The molecule has 102 valence electrons. The lowest BCUT2D eigenvalue weighted by Crippen LogP contribution is -1.87. The molecule has 0 fully saturated rings. The Balaban J connectivity index is 2.71. The van der Waals surface area contributed by atoms with Gasteiger partial charge in [-0.15, -0.1) is 12.8 Å². The zero-order chi connectivity index (χ0) is 15.5. The number of hydrogen-bond acceptors (Lipinski definition) is 2. The first kappa shape index (κ1) is 16.0. The maximum atomic E-state index is 11.1. The third kappa shape index (κ3) is 6.57. The zero-order valence-corrected chi connectivity index (χ0v) is 11.5. The van der Waals surface area contributed by atoms with Crippen molar-refractivity contribution in [1.82, 2.24) is 0 Å². The van der Waals surface area contributed by atoms with Crippen molar-refractivity contribution in [2.75, 3.05) is 0 Å². The van der Waals surface area contributed by atoms with Gasteiger partial charge < -0.3 is 0 Å². The van der Waals surface area contributed by atoms with E-state index in [2.05, 4.69) is 0 Å². The Morgan fingerprint density at radius 3 is 2.10 bits per heavy atom. The smallest absolute Gasteiger partial charge is 0.228 e. The van der Waals surface area contributed by atoms with Gasteiger partial charge in [-0.05, 0) is 41.6 Å². The highest BCUT2D eigenvalue weighted by molar-refractivity contribution is 6.04. The first-order chi connectivity index (χ1) is 10.2. The number of terminal acetylenes is 2. The zero-order valence-electron chi connectivity index (χ0n) is 11.5. The van der Waals surface area contributed by atoms with Crippen LogP contribution in [0.4, 0.5) is 0 Å². The molecule has 2 heteroatoms. The molecular weight excluding hydrogens is 260 g/mol. The molecule has 0 unspecified atom stereocenters. The van der Waals surface area contributed by atoms with Gasteiger partial charge in [-0.2, -0.15) is 0 Å². The number of rotatable bonds is 5. The summed E-state index contributed by atoms with van der Waals surface area (Å²) in [6, 6.07) is 0. The van der Waals surface area contributed by atoms with Gasteiger partial charge in [0, 0.05) is 0 Å². The van der Waals surface area contributed by atoms with Crippen LogP contribution in [-0.4, -0.2) is 11.6 Å². The number of carbonyl (C=O) groups is 2. The van der Waals surface area contributed by atoms with E-state index in [0.717, 1.165) is 11.1 Å². The Hall–Kier alpha value is -3.10. The number of carbonyl (C=O) groups excluding carboxylic acids is 2. The molecule has 2 nitrogen and oxygen atoms in total. The van der Waals surface area contributed by atoms with Crippen molar-refractivity contribution in [3.05, 3.63) is 71.9 Å². The van der Waals surface area contributed by atoms with Crippen LogP contribution >= 0.6 is 0 Å². The summed E-state index contributed by atoms with van der Waals surface area (Å²) in [6.45, 7) is 0. The number of allylic oxidation sites excluding steroid dienone is 12. The molecule has 0 saturated carbocycles. The Labute approximate surface area is 124 Å². The van der Waals surface area contributed by atoms with Crippen LogP contribution in [0.15, 0.2) is 71.9 Å². The highest BCUT2D eigenvalue weighted by Gasteiger charge is 1.99. The molecule has 0 heterocycles. The minimum atomic E-state index is -0.370. The summed E-state index contributed by atoms with van der Waals surface area (Å²) >= 11 is 0. The Morgan fingerprint density at radius 2 is 1.48 bits per heavy atom. The third-order valence-corrected chi connectivity index (χ3v) is 2.54. The fourth-order valence-corrected chi connectivity index (χ4v) is 1.54. The lowest BCUT2D eigenvalue weighted by atomic mass is 10.0. The highest BCUT2D eigenvalue weighted by atomic mass is 16.1. The van der Waals surface area contributed by atoms with E-state index in [-0.39, 0.29) is 11.6 Å². The molecule has 0 amide bonds. The van der Waals surface area contributed by atoms with E-state index in [9.17, 15) is 9.59 Å². The largest absolute Gasteiger partial charge is 0.280 e. The molecule has 0 bridgehead atoms. The van der Waals surface area contributed by atoms with E-state index >= 15 is 0 Å². The van der Waals surface area contributed by atoms with Gasteiger partial charge in [-0.25, -0.2) is 0 Å². The topological polar surface area (TPSA) is 34.1 Å². The van der Waals surface area contributed by atoms with Crippen LogP contribution in [0.25, 0.3) is 0 Å². The molecule has 1 aliphatic rings. The lowest BCUT2D eigenvalue weighted by Gasteiger charge is -2.00. The molecule has 0 N–H and O–H groups in total. The van der Waals surface area contributed by atoms with E-state index in [0.29, 0.717) is 6.42 Å². The quantitative estimate of drug-likeness (QED) is 0.334. The molecule has 0 aliphatic heterocycles. The monoisotopic (exact) mass is 274 g/mol. The van der Waals surface area contributed by atoms with E-state index < -0.39 is 0 Å². The van der Waals surface area contributed by atoms with Crippen LogP contribution in [0.3, 0.4) is 0 Å². The normalized spacial score (nSPS) is 14.6. The fourth-order valence-electron chi connectivity index (χ4n) is 1.54. The van der Waals surface area contributed by atoms with Crippen LogP contribution < -0.4 is 0 Å². The Kier molecular flexibility index (Phi) is 6.77. The molecule has 0 atom stereocenters.